The van der Waals surface area contributed by atoms with Gasteiger partial charge in [-0.3, -0.25) is 14.4 Å². The number of amides is 3. The van der Waals surface area contributed by atoms with E-state index in [2.05, 4.69) is 22.0 Å². The number of nitrogens with one attached hydrogen (secondary N) is 3. The number of nitriles is 1. The molecule has 9 nitrogen and oxygen atoms in total. The van der Waals surface area contributed by atoms with E-state index in [1.165, 1.54) is 4.90 Å². The van der Waals surface area contributed by atoms with Crippen molar-refractivity contribution in [2.45, 2.75) is 89.5 Å². The Hall–Kier alpha value is -3.06. The number of nitrogens with zero attached hydrogens (tertiary/aromatic N) is 2. The molecule has 12 heteroatoms. The molecule has 5 aliphatic carbocycles. The summed E-state index contributed by atoms with van der Waals surface area (Å²) in [5.41, 5.74) is -0.655. The van der Waals surface area contributed by atoms with Crippen molar-refractivity contribution in [2.75, 3.05) is 13.1 Å². The number of hydrogen-bond acceptors (Lipinski definition) is 6. The van der Waals surface area contributed by atoms with E-state index in [-0.39, 0.29) is 36.1 Å². The summed E-state index contributed by atoms with van der Waals surface area (Å²) >= 11 is 0. The van der Waals surface area contributed by atoms with E-state index >= 15 is 0 Å². The SMILES string of the molecule is CC1(C)[C@@H]2[C@@H](C(=O)N[C@H](C#N)C[C@@H]3CCNC3=C=O)N(C(=O)[C@@H](NC(=O)C(F)(F)F)C34CC5CC(CC(C5)C3)C4)C[C@@H]21. The van der Waals surface area contributed by atoms with Crippen molar-refractivity contribution >= 4 is 23.7 Å². The fourth-order valence-corrected chi connectivity index (χ4v) is 9.91. The normalized spacial score (nSPS) is 38.5. The molecule has 7 rings (SSSR count). The number of alkyl halides is 3. The highest BCUT2D eigenvalue weighted by molar-refractivity contribution is 5.95. The van der Waals surface area contributed by atoms with Crippen LogP contribution in [0.1, 0.15) is 65.2 Å². The summed E-state index contributed by atoms with van der Waals surface area (Å²) in [7, 11) is 0. The molecule has 0 unspecified atom stereocenters. The van der Waals surface area contributed by atoms with Crippen molar-refractivity contribution in [1.82, 2.24) is 20.9 Å². The largest absolute Gasteiger partial charge is 0.471 e. The second kappa shape index (κ2) is 10.0. The molecule has 0 aromatic heterocycles. The minimum atomic E-state index is -5.14. The van der Waals surface area contributed by atoms with Gasteiger partial charge in [-0.15, -0.1) is 0 Å². The zero-order valence-electron chi connectivity index (χ0n) is 23.9. The molecule has 0 radical (unpaired) electrons. The standard InChI is InChI=1S/C30H38F3N5O4/c1-28(2)20-13-38(23(22(20)28)25(40)36-19(12-34)8-18-3-4-35-21(18)14-39)26(41)24(37-27(42)30(31,32)33)29-9-15-5-16(10-29)7-17(6-15)11-29/h15-20,22-24,35H,3-11,13H2,1-2H3,(H,36,40)(H,37,42)/t15?,16?,17?,18-,19-,20-,22-,23-,24+,29?/m0/s1. The fourth-order valence-electron chi connectivity index (χ4n) is 9.91. The second-order valence-corrected chi connectivity index (χ2v) is 14.4. The topological polar surface area (TPSA) is 131 Å². The monoisotopic (exact) mass is 589 g/mol. The molecule has 3 amide bonds. The third kappa shape index (κ3) is 4.78. The van der Waals surface area contributed by atoms with Gasteiger partial charge < -0.3 is 20.9 Å². The average Bonchev–Trinajstić information content (AvgIpc) is 3.29. The highest BCUT2D eigenvalue weighted by Gasteiger charge is 2.70. The van der Waals surface area contributed by atoms with Gasteiger partial charge in [0.05, 0.1) is 11.8 Å². The summed E-state index contributed by atoms with van der Waals surface area (Å²) in [4.78, 5) is 53.1. The molecular weight excluding hydrogens is 551 g/mol. The Morgan fingerprint density at radius 2 is 1.71 bits per heavy atom. The lowest BCUT2D eigenvalue weighted by atomic mass is 9.47. The van der Waals surface area contributed by atoms with Crippen molar-refractivity contribution in [2.24, 2.45) is 46.3 Å². The number of hydrogen-bond donors (Lipinski definition) is 3. The Bertz CT molecular complexity index is 1230. The van der Waals surface area contributed by atoms with Gasteiger partial charge in [-0.05, 0) is 86.4 Å². The molecule has 2 heterocycles. The van der Waals surface area contributed by atoms with Crippen molar-refractivity contribution < 1.29 is 32.3 Å². The van der Waals surface area contributed by atoms with E-state index in [0.717, 1.165) is 19.3 Å². The molecule has 0 aromatic carbocycles. The Labute approximate surface area is 243 Å². The van der Waals surface area contributed by atoms with Crippen LogP contribution in [0, 0.1) is 57.7 Å². The first kappa shape index (κ1) is 29.0. The van der Waals surface area contributed by atoms with E-state index in [9.17, 15) is 37.6 Å². The molecule has 4 bridgehead atoms. The number of rotatable bonds is 7. The number of carbonyl (C=O) groups excluding carboxylic acids is 4. The Morgan fingerprint density at radius 1 is 1.10 bits per heavy atom. The number of likely N-dealkylation sites (tertiary alicyclic amines) is 1. The smallest absolute Gasteiger partial charge is 0.379 e. The molecule has 0 aromatic rings. The number of carbonyl (C=O) groups is 3. The van der Waals surface area contributed by atoms with Crippen LogP contribution in [0.2, 0.25) is 0 Å². The van der Waals surface area contributed by atoms with Crippen LogP contribution in [0.15, 0.2) is 5.70 Å². The average molecular weight is 590 g/mol. The van der Waals surface area contributed by atoms with E-state index in [0.29, 0.717) is 55.7 Å². The van der Waals surface area contributed by atoms with Gasteiger partial charge in [0.2, 0.25) is 11.8 Å². The number of fused-ring (bicyclic) bond motifs is 1. The number of allylic oxidation sites excluding steroid dienone is 1. The Balaban J connectivity index is 1.26. The van der Waals surface area contributed by atoms with Gasteiger partial charge in [-0.1, -0.05) is 13.8 Å². The third-order valence-electron chi connectivity index (χ3n) is 11.6. The second-order valence-electron chi connectivity index (χ2n) is 14.4. The lowest BCUT2D eigenvalue weighted by Gasteiger charge is -2.59. The molecule has 42 heavy (non-hydrogen) atoms. The molecular formula is C30H38F3N5O4. The van der Waals surface area contributed by atoms with E-state index in [1.807, 2.05) is 19.8 Å². The summed E-state index contributed by atoms with van der Waals surface area (Å²) in [5.74, 6) is -0.933. The first-order chi connectivity index (χ1) is 19.8. The quantitative estimate of drug-likeness (QED) is 0.391. The molecule has 2 aliphatic heterocycles. The maximum atomic E-state index is 14.4. The molecule has 5 saturated carbocycles. The molecule has 7 aliphatic rings. The first-order valence-electron chi connectivity index (χ1n) is 15.1. The molecule has 3 N–H and O–H groups in total. The van der Waals surface area contributed by atoms with Gasteiger partial charge in [0, 0.05) is 24.4 Å². The Morgan fingerprint density at radius 3 is 2.26 bits per heavy atom. The fraction of sp³-hybridized carbons (Fsp3) is 0.800. The van der Waals surface area contributed by atoms with Crippen molar-refractivity contribution in [3.63, 3.8) is 0 Å². The van der Waals surface area contributed by atoms with Crippen LogP contribution < -0.4 is 16.0 Å². The van der Waals surface area contributed by atoms with Crippen LogP contribution in [-0.2, 0) is 19.2 Å². The molecule has 228 valence electrons. The number of halogens is 3. The van der Waals surface area contributed by atoms with Gasteiger partial charge in [-0.25, -0.2) is 4.79 Å². The van der Waals surface area contributed by atoms with Crippen LogP contribution in [0.25, 0.3) is 0 Å². The third-order valence-corrected chi connectivity index (χ3v) is 11.6. The minimum Gasteiger partial charge on any atom is -0.379 e. The van der Waals surface area contributed by atoms with Crippen LogP contribution in [0.3, 0.4) is 0 Å². The van der Waals surface area contributed by atoms with Gasteiger partial charge in [0.25, 0.3) is 0 Å². The lowest BCUT2D eigenvalue weighted by molar-refractivity contribution is -0.179. The highest BCUT2D eigenvalue weighted by Crippen LogP contribution is 2.66. The van der Waals surface area contributed by atoms with Gasteiger partial charge in [0.15, 0.2) is 0 Å². The summed E-state index contributed by atoms with van der Waals surface area (Å²) in [5, 5.41) is 17.7. The summed E-state index contributed by atoms with van der Waals surface area (Å²) in [6.07, 6.45) is 0.482. The van der Waals surface area contributed by atoms with Crippen molar-refractivity contribution in [3.05, 3.63) is 5.70 Å². The molecule has 7 fully saturated rings. The predicted molar refractivity (Wildman–Crippen MR) is 142 cm³/mol. The zero-order chi connectivity index (χ0) is 30.2. The van der Waals surface area contributed by atoms with Crippen LogP contribution in [0.4, 0.5) is 13.2 Å². The van der Waals surface area contributed by atoms with Crippen molar-refractivity contribution in [3.8, 4) is 6.07 Å². The number of piperidine rings is 1. The molecule has 6 atom stereocenters. The van der Waals surface area contributed by atoms with Gasteiger partial charge in [-0.2, -0.15) is 18.4 Å². The predicted octanol–water partition coefficient (Wildman–Crippen LogP) is 2.46. The van der Waals surface area contributed by atoms with Crippen LogP contribution >= 0.6 is 0 Å². The van der Waals surface area contributed by atoms with Crippen LogP contribution in [-0.4, -0.2) is 66.0 Å². The highest BCUT2D eigenvalue weighted by atomic mass is 19.4. The van der Waals surface area contributed by atoms with E-state index < -0.39 is 47.4 Å². The molecule has 0 spiro atoms. The van der Waals surface area contributed by atoms with Crippen molar-refractivity contribution in [1.29, 1.82) is 5.26 Å². The summed E-state index contributed by atoms with van der Waals surface area (Å²) in [6, 6.07) is -1.17. The molecule has 2 saturated heterocycles. The van der Waals surface area contributed by atoms with Crippen LogP contribution in [0.5, 0.6) is 0 Å². The first-order valence-corrected chi connectivity index (χ1v) is 15.1. The van der Waals surface area contributed by atoms with E-state index in [4.69, 9.17) is 0 Å². The van der Waals surface area contributed by atoms with E-state index in [1.54, 1.807) is 0 Å². The minimum absolute atomic E-state index is 0.0169. The van der Waals surface area contributed by atoms with Gasteiger partial charge >= 0.3 is 12.1 Å². The Kier molecular flexibility index (Phi) is 6.91. The maximum absolute atomic E-state index is 14.4. The summed E-state index contributed by atoms with van der Waals surface area (Å²) < 4.78 is 40.6. The summed E-state index contributed by atoms with van der Waals surface area (Å²) in [6.45, 7) is 4.78. The lowest BCUT2D eigenvalue weighted by Crippen LogP contribution is -2.65. The van der Waals surface area contributed by atoms with Gasteiger partial charge in [0.1, 0.15) is 24.1 Å². The maximum Gasteiger partial charge on any atom is 0.471 e. The zero-order valence-corrected chi connectivity index (χ0v) is 23.9.